The first-order valence-corrected chi connectivity index (χ1v) is 12.7. The molecular weight excluding hydrogens is 386 g/mol. The molecule has 0 aromatic carbocycles. The maximum Gasteiger partial charge on any atom is 0.00579 e. The molecule has 0 bridgehead atoms. The Labute approximate surface area is 201 Å². The lowest BCUT2D eigenvalue weighted by Crippen LogP contribution is -2.07. The highest BCUT2D eigenvalue weighted by Gasteiger charge is 1.95. The highest BCUT2D eigenvalue weighted by atomic mass is 15.1. The zero-order valence-corrected chi connectivity index (χ0v) is 23.0. The van der Waals surface area contributed by atoms with Crippen LogP contribution in [0.1, 0.15) is 113 Å². The van der Waals surface area contributed by atoms with Gasteiger partial charge in [0.25, 0.3) is 0 Å². The van der Waals surface area contributed by atoms with E-state index in [0.717, 1.165) is 12.8 Å². The Morgan fingerprint density at radius 2 is 0.750 bits per heavy atom. The van der Waals surface area contributed by atoms with Gasteiger partial charge in [-0.15, -0.1) is 0 Å². The number of nitrogens with zero attached hydrogens (tertiary/aromatic N) is 1. The Balaban J connectivity index is 4.10. The number of unbranched alkanes of at least 4 members (excludes halogenated alkanes) is 1. The van der Waals surface area contributed by atoms with Crippen LogP contribution in [0, 0.1) is 0 Å². The largest absolute Gasteiger partial charge is 0.381 e. The summed E-state index contributed by atoms with van der Waals surface area (Å²) in [6.07, 6.45) is 26.1. The Morgan fingerprint density at radius 1 is 0.438 bits per heavy atom. The van der Waals surface area contributed by atoms with Gasteiger partial charge in [-0.1, -0.05) is 64.3 Å². The first kappa shape index (κ1) is 30.2. The van der Waals surface area contributed by atoms with Gasteiger partial charge in [0.1, 0.15) is 0 Å². The van der Waals surface area contributed by atoms with Crippen molar-refractivity contribution in [1.29, 1.82) is 0 Å². The summed E-state index contributed by atoms with van der Waals surface area (Å²) in [4.78, 5) is 2.18. The highest BCUT2D eigenvalue weighted by molar-refractivity contribution is 5.08. The predicted molar refractivity (Wildman–Crippen MR) is 148 cm³/mol. The van der Waals surface area contributed by atoms with Gasteiger partial charge in [0, 0.05) is 19.8 Å². The second-order valence-corrected chi connectivity index (χ2v) is 9.96. The van der Waals surface area contributed by atoms with Crippen LogP contribution in [0.4, 0.5) is 0 Å². The molecule has 0 aliphatic heterocycles. The Kier molecular flexibility index (Phi) is 17.7. The van der Waals surface area contributed by atoms with Crippen LogP contribution >= 0.6 is 0 Å². The fourth-order valence-corrected chi connectivity index (χ4v) is 3.44. The van der Waals surface area contributed by atoms with Gasteiger partial charge in [-0.2, -0.15) is 0 Å². The van der Waals surface area contributed by atoms with E-state index in [-0.39, 0.29) is 0 Å². The average Bonchev–Trinajstić information content (AvgIpc) is 2.70. The lowest BCUT2D eigenvalue weighted by molar-refractivity contribution is 0.510. The molecule has 0 N–H and O–H groups in total. The Morgan fingerprint density at radius 3 is 1.09 bits per heavy atom. The lowest BCUT2D eigenvalue weighted by Gasteiger charge is -2.12. The number of hydrogen-bond acceptors (Lipinski definition) is 1. The van der Waals surface area contributed by atoms with E-state index in [1.807, 2.05) is 0 Å². The summed E-state index contributed by atoms with van der Waals surface area (Å²) < 4.78 is 0. The zero-order chi connectivity index (χ0) is 24.4. The van der Waals surface area contributed by atoms with Crippen molar-refractivity contribution >= 4 is 0 Å². The van der Waals surface area contributed by atoms with Crippen LogP contribution in [0.15, 0.2) is 70.0 Å². The summed E-state index contributed by atoms with van der Waals surface area (Å²) in [5.74, 6) is 0. The number of hydrogen-bond donors (Lipinski definition) is 0. The van der Waals surface area contributed by atoms with Crippen LogP contribution < -0.4 is 0 Å². The minimum atomic E-state index is 1.14. The molecule has 182 valence electrons. The molecule has 0 fully saturated rings. The predicted octanol–water partition coefficient (Wildman–Crippen LogP) is 10.1. The molecule has 0 heterocycles. The Bertz CT molecular complexity index is 688. The van der Waals surface area contributed by atoms with Crippen LogP contribution in [0.5, 0.6) is 0 Å². The fraction of sp³-hybridized carbons (Fsp3) is 0.613. The number of allylic oxidation sites excluding steroid dienone is 12. The third-order valence-corrected chi connectivity index (χ3v) is 5.99. The molecule has 0 aliphatic rings. The molecule has 0 aliphatic carbocycles. The molecular formula is C31H53N. The van der Waals surface area contributed by atoms with E-state index in [9.17, 15) is 0 Å². The van der Waals surface area contributed by atoms with E-state index < -0.39 is 0 Å². The van der Waals surface area contributed by atoms with Crippen molar-refractivity contribution in [1.82, 2.24) is 4.90 Å². The molecule has 0 atom stereocenters. The SMILES string of the molecule is CC(C)=CCC/C(C)=C/CC/C(C)=C/CC/C=C(\C)CC/C=C(\C)CCC=C(C)N(C)C. The maximum absolute atomic E-state index is 2.43. The minimum absolute atomic E-state index is 1.14. The van der Waals surface area contributed by atoms with E-state index in [2.05, 4.69) is 104 Å². The van der Waals surface area contributed by atoms with Crippen LogP contribution in [-0.2, 0) is 0 Å². The summed E-state index contributed by atoms with van der Waals surface area (Å²) in [6.45, 7) is 15.6. The molecule has 0 aromatic heterocycles. The first-order valence-electron chi connectivity index (χ1n) is 12.7. The maximum atomic E-state index is 2.43. The highest BCUT2D eigenvalue weighted by Crippen LogP contribution is 2.14. The molecule has 0 saturated carbocycles. The van der Waals surface area contributed by atoms with E-state index in [1.54, 1.807) is 0 Å². The summed E-state index contributed by atoms with van der Waals surface area (Å²) in [7, 11) is 4.21. The van der Waals surface area contributed by atoms with Crippen molar-refractivity contribution in [3.8, 4) is 0 Å². The zero-order valence-electron chi connectivity index (χ0n) is 23.0. The van der Waals surface area contributed by atoms with Gasteiger partial charge < -0.3 is 4.90 Å². The molecule has 0 unspecified atom stereocenters. The summed E-state index contributed by atoms with van der Waals surface area (Å²) >= 11 is 0. The van der Waals surface area contributed by atoms with Crippen molar-refractivity contribution in [2.75, 3.05) is 14.1 Å². The van der Waals surface area contributed by atoms with E-state index in [4.69, 9.17) is 0 Å². The van der Waals surface area contributed by atoms with Crippen molar-refractivity contribution in [2.45, 2.75) is 113 Å². The fourth-order valence-electron chi connectivity index (χ4n) is 3.44. The van der Waals surface area contributed by atoms with E-state index >= 15 is 0 Å². The second-order valence-electron chi connectivity index (χ2n) is 9.96. The normalized spacial score (nSPS) is 14.1. The molecule has 0 aromatic rings. The molecule has 0 radical (unpaired) electrons. The quantitative estimate of drug-likeness (QED) is 0.171. The van der Waals surface area contributed by atoms with E-state index in [1.165, 1.54) is 84.9 Å². The summed E-state index contributed by atoms with van der Waals surface area (Å²) in [5.41, 5.74) is 8.87. The summed E-state index contributed by atoms with van der Waals surface area (Å²) in [6, 6.07) is 0. The molecule has 0 amide bonds. The van der Waals surface area contributed by atoms with Crippen LogP contribution in [0.3, 0.4) is 0 Å². The third-order valence-electron chi connectivity index (χ3n) is 5.99. The molecule has 32 heavy (non-hydrogen) atoms. The topological polar surface area (TPSA) is 3.24 Å². The molecule has 1 nitrogen and oxygen atoms in total. The van der Waals surface area contributed by atoms with Crippen molar-refractivity contribution < 1.29 is 0 Å². The van der Waals surface area contributed by atoms with Crippen molar-refractivity contribution in [3.63, 3.8) is 0 Å². The van der Waals surface area contributed by atoms with Gasteiger partial charge in [0.05, 0.1) is 0 Å². The van der Waals surface area contributed by atoms with Gasteiger partial charge in [0.2, 0.25) is 0 Å². The van der Waals surface area contributed by atoms with Gasteiger partial charge in [-0.3, -0.25) is 0 Å². The monoisotopic (exact) mass is 439 g/mol. The minimum Gasteiger partial charge on any atom is -0.381 e. The molecule has 1 heteroatoms. The molecule has 0 rings (SSSR count). The van der Waals surface area contributed by atoms with E-state index in [0.29, 0.717) is 0 Å². The smallest absolute Gasteiger partial charge is 0.00579 e. The molecule has 0 spiro atoms. The second kappa shape index (κ2) is 18.8. The Hall–Kier alpha value is -1.76. The van der Waals surface area contributed by atoms with Crippen LogP contribution in [-0.4, -0.2) is 19.0 Å². The summed E-state index contributed by atoms with van der Waals surface area (Å²) in [5, 5.41) is 0. The first-order chi connectivity index (χ1) is 15.1. The number of rotatable bonds is 16. The van der Waals surface area contributed by atoms with Crippen molar-refractivity contribution in [2.24, 2.45) is 0 Å². The van der Waals surface area contributed by atoms with Gasteiger partial charge in [-0.05, 0) is 113 Å². The van der Waals surface area contributed by atoms with Gasteiger partial charge in [0.15, 0.2) is 0 Å². The van der Waals surface area contributed by atoms with Crippen molar-refractivity contribution in [3.05, 3.63) is 70.0 Å². The van der Waals surface area contributed by atoms with Crippen LogP contribution in [0.2, 0.25) is 0 Å². The molecule has 0 saturated heterocycles. The average molecular weight is 440 g/mol. The third kappa shape index (κ3) is 19.0. The standard InChI is InChI=1S/C31H53N/c1-26(2)16-12-19-29(5)22-13-20-27(3)17-10-11-18-28(4)21-14-23-30(6)24-15-25-31(7)32(8)9/h16-18,22-23,25H,10-15,19-21,24H2,1-9H3/b27-17+,28-18+,29-22+,30-23+,31-25?. The lowest BCUT2D eigenvalue weighted by atomic mass is 10.0. The van der Waals surface area contributed by atoms with Gasteiger partial charge in [-0.25, -0.2) is 0 Å². The van der Waals surface area contributed by atoms with Gasteiger partial charge >= 0.3 is 0 Å². The van der Waals surface area contributed by atoms with Crippen LogP contribution in [0.25, 0.3) is 0 Å².